The van der Waals surface area contributed by atoms with Crippen LogP contribution >= 0.6 is 11.3 Å². The molecule has 4 aromatic carbocycles. The number of carbonyl (C=O) groups excluding carboxylic acids is 2. The average molecular weight is 569 g/mol. The second-order valence-electron chi connectivity index (χ2n) is 9.90. The van der Waals surface area contributed by atoms with Crippen molar-refractivity contribution in [3.05, 3.63) is 120 Å². The quantitative estimate of drug-likeness (QED) is 0.207. The molecule has 0 spiro atoms. The molecule has 0 radical (unpaired) electrons. The van der Waals surface area contributed by atoms with Gasteiger partial charge in [-0.3, -0.25) is 14.6 Å². The van der Waals surface area contributed by atoms with Crippen molar-refractivity contribution in [2.45, 2.75) is 12.5 Å². The summed E-state index contributed by atoms with van der Waals surface area (Å²) in [7, 11) is 0. The first kappa shape index (κ1) is 25.6. The zero-order valence-electron chi connectivity index (χ0n) is 22.2. The summed E-state index contributed by atoms with van der Waals surface area (Å²) in [5, 5.41) is 8.43. The van der Waals surface area contributed by atoms with Gasteiger partial charge in [-0.2, -0.15) is 0 Å². The first-order valence-corrected chi connectivity index (χ1v) is 14.3. The Labute approximate surface area is 244 Å². The van der Waals surface area contributed by atoms with Crippen LogP contribution in [0.1, 0.15) is 15.9 Å². The van der Waals surface area contributed by atoms with Crippen molar-refractivity contribution >= 4 is 60.3 Å². The minimum Gasteiger partial charge on any atom is -0.340 e. The summed E-state index contributed by atoms with van der Waals surface area (Å²) in [6, 6.07) is 31.8. The molecule has 3 aromatic heterocycles. The van der Waals surface area contributed by atoms with Crippen molar-refractivity contribution in [1.82, 2.24) is 25.3 Å². The standard InChI is InChI=1S/C33H24N6O2S/c40-31(23-13-8-15-25-29(23)38-30(35-25)26-18-21-11-4-5-12-22(21)19-34-26)36-27(17-20-9-2-1-3-10-20)32(41)39-33-37-24-14-6-7-16-28(24)42-33/h1-16,18-19,27H,17H2,(H,35,38)(H,36,40)(H,37,39,41)/t27-/m0/s1. The van der Waals surface area contributed by atoms with Crippen molar-refractivity contribution in [3.8, 4) is 11.5 Å². The van der Waals surface area contributed by atoms with Gasteiger partial charge in [-0.05, 0) is 41.3 Å². The monoisotopic (exact) mass is 568 g/mol. The number of H-pyrrole nitrogens is 1. The number of benzene rings is 4. The summed E-state index contributed by atoms with van der Waals surface area (Å²) in [4.78, 5) is 44.4. The van der Waals surface area contributed by atoms with Gasteiger partial charge >= 0.3 is 0 Å². The number of aromatic nitrogens is 4. The molecule has 204 valence electrons. The van der Waals surface area contributed by atoms with Crippen molar-refractivity contribution in [2.75, 3.05) is 5.32 Å². The Balaban J connectivity index is 1.18. The summed E-state index contributed by atoms with van der Waals surface area (Å²) in [6.45, 7) is 0. The maximum Gasteiger partial charge on any atom is 0.254 e. The Bertz CT molecular complexity index is 2050. The maximum atomic E-state index is 13.7. The lowest BCUT2D eigenvalue weighted by Crippen LogP contribution is -2.45. The number of amides is 2. The van der Waals surface area contributed by atoms with E-state index in [0.29, 0.717) is 39.7 Å². The van der Waals surface area contributed by atoms with E-state index in [4.69, 9.17) is 4.98 Å². The number of fused-ring (bicyclic) bond motifs is 3. The Morgan fingerprint density at radius 1 is 0.833 bits per heavy atom. The lowest BCUT2D eigenvalue weighted by atomic mass is 10.0. The molecule has 0 saturated carbocycles. The van der Waals surface area contributed by atoms with E-state index >= 15 is 0 Å². The van der Waals surface area contributed by atoms with Crippen LogP contribution in [0.5, 0.6) is 0 Å². The Kier molecular flexibility index (Phi) is 6.61. The van der Waals surface area contributed by atoms with Gasteiger partial charge in [0, 0.05) is 18.0 Å². The van der Waals surface area contributed by atoms with E-state index in [-0.39, 0.29) is 5.91 Å². The number of thiazole rings is 1. The number of hydrogen-bond donors (Lipinski definition) is 3. The number of aromatic amines is 1. The number of imidazole rings is 1. The number of para-hydroxylation sites is 2. The highest BCUT2D eigenvalue weighted by Crippen LogP contribution is 2.27. The molecule has 0 saturated heterocycles. The molecule has 0 fully saturated rings. The van der Waals surface area contributed by atoms with Crippen LogP contribution in [-0.4, -0.2) is 37.8 Å². The van der Waals surface area contributed by atoms with Gasteiger partial charge in [0.2, 0.25) is 5.91 Å². The summed E-state index contributed by atoms with van der Waals surface area (Å²) in [6.07, 6.45) is 2.12. The zero-order chi connectivity index (χ0) is 28.5. The van der Waals surface area contributed by atoms with Crippen LogP contribution in [0.2, 0.25) is 0 Å². The van der Waals surface area contributed by atoms with Gasteiger partial charge in [0.05, 0.1) is 21.3 Å². The van der Waals surface area contributed by atoms with Crippen LogP contribution in [0.15, 0.2) is 109 Å². The van der Waals surface area contributed by atoms with E-state index < -0.39 is 11.9 Å². The van der Waals surface area contributed by atoms with Crippen LogP contribution in [0.4, 0.5) is 5.13 Å². The second kappa shape index (κ2) is 10.9. The molecular weight excluding hydrogens is 544 g/mol. The minimum absolute atomic E-state index is 0.312. The van der Waals surface area contributed by atoms with Crippen molar-refractivity contribution in [1.29, 1.82) is 0 Å². The SMILES string of the molecule is O=C(N[C@@H](Cc1ccccc1)C(=O)Nc1nc2ccccc2s1)c1cccc2[nH]c(-c3cc4ccccc4cn3)nc12. The molecule has 7 rings (SSSR count). The van der Waals surface area contributed by atoms with E-state index in [2.05, 4.69) is 25.6 Å². The third-order valence-corrected chi connectivity index (χ3v) is 8.01. The molecule has 8 nitrogen and oxygen atoms in total. The molecule has 3 heterocycles. The molecule has 7 aromatic rings. The van der Waals surface area contributed by atoms with Gasteiger partial charge < -0.3 is 15.6 Å². The van der Waals surface area contributed by atoms with Crippen molar-refractivity contribution in [2.24, 2.45) is 0 Å². The van der Waals surface area contributed by atoms with E-state index in [1.54, 1.807) is 12.1 Å². The fourth-order valence-corrected chi connectivity index (χ4v) is 5.83. The van der Waals surface area contributed by atoms with E-state index in [0.717, 1.165) is 26.6 Å². The summed E-state index contributed by atoms with van der Waals surface area (Å²) in [5.74, 6) is -0.183. The lowest BCUT2D eigenvalue weighted by molar-refractivity contribution is -0.118. The fraction of sp³-hybridized carbons (Fsp3) is 0.0606. The zero-order valence-corrected chi connectivity index (χ0v) is 23.1. The van der Waals surface area contributed by atoms with E-state index in [1.165, 1.54) is 11.3 Å². The topological polar surface area (TPSA) is 113 Å². The van der Waals surface area contributed by atoms with Gasteiger partial charge in [0.1, 0.15) is 17.3 Å². The molecule has 0 bridgehead atoms. The molecule has 3 N–H and O–H groups in total. The first-order chi connectivity index (χ1) is 20.6. The number of anilines is 1. The van der Waals surface area contributed by atoms with Gasteiger partial charge in [0.25, 0.3) is 5.91 Å². The molecular formula is C33H24N6O2S. The predicted octanol–water partition coefficient (Wildman–Crippen LogP) is 6.37. The lowest BCUT2D eigenvalue weighted by Gasteiger charge is -2.18. The molecule has 1 atom stereocenters. The van der Waals surface area contributed by atoms with E-state index in [1.807, 2.05) is 97.2 Å². The highest BCUT2D eigenvalue weighted by molar-refractivity contribution is 7.22. The Morgan fingerprint density at radius 2 is 1.62 bits per heavy atom. The molecule has 9 heteroatoms. The maximum absolute atomic E-state index is 13.7. The highest BCUT2D eigenvalue weighted by Gasteiger charge is 2.25. The van der Waals surface area contributed by atoms with Gasteiger partial charge in [-0.15, -0.1) is 0 Å². The normalized spacial score (nSPS) is 12.0. The predicted molar refractivity (Wildman–Crippen MR) is 166 cm³/mol. The Hall–Kier alpha value is -5.41. The number of pyridine rings is 1. The van der Waals surface area contributed by atoms with E-state index in [9.17, 15) is 9.59 Å². The number of nitrogens with zero attached hydrogens (tertiary/aromatic N) is 3. The third-order valence-electron chi connectivity index (χ3n) is 7.06. The smallest absolute Gasteiger partial charge is 0.254 e. The summed E-state index contributed by atoms with van der Waals surface area (Å²) < 4.78 is 0.971. The average Bonchev–Trinajstić information content (AvgIpc) is 3.65. The number of rotatable bonds is 7. The molecule has 2 amide bonds. The summed E-state index contributed by atoms with van der Waals surface area (Å²) >= 11 is 1.39. The van der Waals surface area contributed by atoms with Crippen molar-refractivity contribution < 1.29 is 9.59 Å². The number of nitrogens with one attached hydrogen (secondary N) is 3. The molecule has 0 unspecified atom stereocenters. The molecule has 0 aliphatic heterocycles. The second-order valence-corrected chi connectivity index (χ2v) is 10.9. The minimum atomic E-state index is -0.845. The first-order valence-electron chi connectivity index (χ1n) is 13.5. The molecule has 42 heavy (non-hydrogen) atoms. The third kappa shape index (κ3) is 5.09. The molecule has 0 aliphatic rings. The van der Waals surface area contributed by atoms with Crippen LogP contribution < -0.4 is 10.6 Å². The van der Waals surface area contributed by atoms with Crippen LogP contribution in [0, 0.1) is 0 Å². The van der Waals surface area contributed by atoms with Crippen LogP contribution in [0.3, 0.4) is 0 Å². The summed E-state index contributed by atoms with van der Waals surface area (Å²) in [5.41, 5.74) is 3.97. The van der Waals surface area contributed by atoms with Gasteiger partial charge in [-0.25, -0.2) is 9.97 Å². The van der Waals surface area contributed by atoms with Gasteiger partial charge in [0.15, 0.2) is 11.0 Å². The largest absolute Gasteiger partial charge is 0.340 e. The molecule has 0 aliphatic carbocycles. The van der Waals surface area contributed by atoms with Gasteiger partial charge in [-0.1, -0.05) is 84.1 Å². The fourth-order valence-electron chi connectivity index (χ4n) is 4.96. The van der Waals surface area contributed by atoms with Crippen molar-refractivity contribution in [3.63, 3.8) is 0 Å². The number of hydrogen-bond acceptors (Lipinski definition) is 6. The number of carbonyl (C=O) groups is 2. The van der Waals surface area contributed by atoms with Crippen LogP contribution in [0.25, 0.3) is 43.5 Å². The Morgan fingerprint density at radius 3 is 2.48 bits per heavy atom. The highest BCUT2D eigenvalue weighted by atomic mass is 32.1. The van der Waals surface area contributed by atoms with Crippen LogP contribution in [-0.2, 0) is 11.2 Å².